The maximum Gasteiger partial charge on any atom is 0.221 e. The van der Waals surface area contributed by atoms with Gasteiger partial charge in [0.05, 0.1) is 0 Å². The zero-order chi connectivity index (χ0) is 11.1. The Labute approximate surface area is 92.4 Å². The Kier molecular flexibility index (Phi) is 5.65. The molecule has 15 heavy (non-hydrogen) atoms. The first-order chi connectivity index (χ1) is 7.22. The molecule has 0 aromatic heterocycles. The van der Waals surface area contributed by atoms with Crippen LogP contribution in [0, 0.1) is 5.92 Å². The lowest BCUT2D eigenvalue weighted by molar-refractivity contribution is -0.121. The van der Waals surface area contributed by atoms with Gasteiger partial charge in [0, 0.05) is 26.1 Å². The number of amides is 1. The van der Waals surface area contributed by atoms with Gasteiger partial charge in [0.1, 0.15) is 0 Å². The van der Waals surface area contributed by atoms with Crippen LogP contribution in [0.4, 0.5) is 0 Å². The summed E-state index contributed by atoms with van der Waals surface area (Å²) in [4.78, 5) is 13.6. The van der Waals surface area contributed by atoms with E-state index in [2.05, 4.69) is 22.6 Å². The van der Waals surface area contributed by atoms with Crippen LogP contribution in [-0.2, 0) is 4.79 Å². The molecule has 1 unspecified atom stereocenters. The quantitative estimate of drug-likeness (QED) is 0.655. The van der Waals surface area contributed by atoms with Crippen molar-refractivity contribution in [3.8, 4) is 0 Å². The highest BCUT2D eigenvalue weighted by Gasteiger charge is 2.18. The molecule has 0 aromatic rings. The molecule has 4 heteroatoms. The van der Waals surface area contributed by atoms with Crippen molar-refractivity contribution in [2.75, 3.05) is 40.3 Å². The van der Waals surface area contributed by atoms with Crippen LogP contribution in [0.15, 0.2) is 0 Å². The van der Waals surface area contributed by atoms with Gasteiger partial charge in [0.2, 0.25) is 5.91 Å². The minimum atomic E-state index is 0.163. The molecule has 1 atom stereocenters. The highest BCUT2D eigenvalue weighted by molar-refractivity contribution is 5.75. The summed E-state index contributed by atoms with van der Waals surface area (Å²) in [5.74, 6) is 0.940. The SMILES string of the molecule is CNCCC(=O)NCCC1CCN(C)C1. The van der Waals surface area contributed by atoms with Crippen LogP contribution in [0.1, 0.15) is 19.3 Å². The summed E-state index contributed by atoms with van der Waals surface area (Å²) in [5, 5.41) is 5.93. The molecular formula is C11H23N3O. The molecular weight excluding hydrogens is 190 g/mol. The van der Waals surface area contributed by atoms with Gasteiger partial charge in [0.25, 0.3) is 0 Å². The van der Waals surface area contributed by atoms with E-state index in [1.165, 1.54) is 19.5 Å². The molecule has 0 aliphatic carbocycles. The fourth-order valence-corrected chi connectivity index (χ4v) is 2.00. The lowest BCUT2D eigenvalue weighted by Crippen LogP contribution is -2.28. The van der Waals surface area contributed by atoms with Crippen molar-refractivity contribution in [2.45, 2.75) is 19.3 Å². The highest BCUT2D eigenvalue weighted by Crippen LogP contribution is 2.16. The maximum atomic E-state index is 11.3. The van der Waals surface area contributed by atoms with E-state index in [-0.39, 0.29) is 5.91 Å². The number of rotatable bonds is 6. The molecule has 1 fully saturated rings. The van der Waals surface area contributed by atoms with Crippen molar-refractivity contribution >= 4 is 5.91 Å². The molecule has 0 aromatic carbocycles. The maximum absolute atomic E-state index is 11.3. The third-order valence-electron chi connectivity index (χ3n) is 2.97. The number of hydrogen-bond donors (Lipinski definition) is 2. The second-order valence-corrected chi connectivity index (χ2v) is 4.41. The van der Waals surface area contributed by atoms with Crippen molar-refractivity contribution in [1.29, 1.82) is 0 Å². The number of likely N-dealkylation sites (tertiary alicyclic amines) is 1. The molecule has 2 N–H and O–H groups in total. The molecule has 1 aliphatic rings. The van der Waals surface area contributed by atoms with Crippen LogP contribution < -0.4 is 10.6 Å². The Morgan fingerprint density at radius 1 is 1.47 bits per heavy atom. The molecule has 1 rings (SSSR count). The van der Waals surface area contributed by atoms with Crippen LogP contribution in [0.25, 0.3) is 0 Å². The van der Waals surface area contributed by atoms with Gasteiger partial charge in [-0.25, -0.2) is 0 Å². The van der Waals surface area contributed by atoms with Gasteiger partial charge in [-0.2, -0.15) is 0 Å². The van der Waals surface area contributed by atoms with Gasteiger partial charge in [-0.05, 0) is 39.4 Å². The number of hydrogen-bond acceptors (Lipinski definition) is 3. The topological polar surface area (TPSA) is 44.4 Å². The molecule has 4 nitrogen and oxygen atoms in total. The highest BCUT2D eigenvalue weighted by atomic mass is 16.1. The Morgan fingerprint density at radius 2 is 2.27 bits per heavy atom. The third-order valence-corrected chi connectivity index (χ3v) is 2.97. The molecule has 0 radical (unpaired) electrons. The van der Waals surface area contributed by atoms with Gasteiger partial charge in [-0.3, -0.25) is 4.79 Å². The smallest absolute Gasteiger partial charge is 0.221 e. The molecule has 88 valence electrons. The van der Waals surface area contributed by atoms with Crippen molar-refractivity contribution in [2.24, 2.45) is 5.92 Å². The van der Waals surface area contributed by atoms with Crippen LogP contribution in [0.5, 0.6) is 0 Å². The van der Waals surface area contributed by atoms with E-state index in [0.29, 0.717) is 6.42 Å². The van der Waals surface area contributed by atoms with Gasteiger partial charge >= 0.3 is 0 Å². The van der Waals surface area contributed by atoms with Gasteiger partial charge in [-0.1, -0.05) is 0 Å². The summed E-state index contributed by atoms with van der Waals surface area (Å²) in [5.41, 5.74) is 0. The van der Waals surface area contributed by atoms with E-state index in [9.17, 15) is 4.79 Å². The van der Waals surface area contributed by atoms with Gasteiger partial charge < -0.3 is 15.5 Å². The minimum absolute atomic E-state index is 0.163. The van der Waals surface area contributed by atoms with E-state index in [1.807, 2.05) is 7.05 Å². The summed E-state index contributed by atoms with van der Waals surface area (Å²) in [7, 11) is 4.02. The molecule has 1 saturated heterocycles. The average Bonchev–Trinajstić information content (AvgIpc) is 2.61. The van der Waals surface area contributed by atoms with E-state index in [0.717, 1.165) is 25.4 Å². The predicted octanol–water partition coefficient (Wildman–Crippen LogP) is 0.0539. The molecule has 0 bridgehead atoms. The zero-order valence-corrected chi connectivity index (χ0v) is 9.88. The number of nitrogens with zero attached hydrogens (tertiary/aromatic N) is 1. The van der Waals surface area contributed by atoms with Crippen LogP contribution in [0.2, 0.25) is 0 Å². The first kappa shape index (κ1) is 12.5. The van der Waals surface area contributed by atoms with Gasteiger partial charge in [-0.15, -0.1) is 0 Å². The molecule has 1 amide bonds. The summed E-state index contributed by atoms with van der Waals surface area (Å²) < 4.78 is 0. The number of nitrogens with one attached hydrogen (secondary N) is 2. The largest absolute Gasteiger partial charge is 0.356 e. The van der Waals surface area contributed by atoms with E-state index >= 15 is 0 Å². The fraction of sp³-hybridized carbons (Fsp3) is 0.909. The van der Waals surface area contributed by atoms with Crippen molar-refractivity contribution in [1.82, 2.24) is 15.5 Å². The number of carbonyl (C=O) groups is 1. The second kappa shape index (κ2) is 6.80. The Morgan fingerprint density at radius 3 is 2.87 bits per heavy atom. The lowest BCUT2D eigenvalue weighted by Gasteiger charge is -2.10. The standard InChI is InChI=1S/C11H23N3O/c1-12-6-4-11(15)13-7-3-10-5-8-14(2)9-10/h10,12H,3-9H2,1-2H3,(H,13,15). The lowest BCUT2D eigenvalue weighted by atomic mass is 10.1. The third kappa shape index (κ3) is 5.14. The monoisotopic (exact) mass is 213 g/mol. The minimum Gasteiger partial charge on any atom is -0.356 e. The van der Waals surface area contributed by atoms with E-state index in [1.54, 1.807) is 0 Å². The van der Waals surface area contributed by atoms with E-state index < -0.39 is 0 Å². The normalized spacial score (nSPS) is 21.9. The van der Waals surface area contributed by atoms with Crippen molar-refractivity contribution in [3.63, 3.8) is 0 Å². The summed E-state index contributed by atoms with van der Waals surface area (Å²) in [6.45, 7) is 3.99. The van der Waals surface area contributed by atoms with Crippen LogP contribution >= 0.6 is 0 Å². The van der Waals surface area contributed by atoms with E-state index in [4.69, 9.17) is 0 Å². The Bertz CT molecular complexity index is 196. The van der Waals surface area contributed by atoms with Crippen molar-refractivity contribution < 1.29 is 4.79 Å². The first-order valence-corrected chi connectivity index (χ1v) is 5.82. The molecule has 0 spiro atoms. The Hall–Kier alpha value is -0.610. The first-order valence-electron chi connectivity index (χ1n) is 5.82. The van der Waals surface area contributed by atoms with Crippen molar-refractivity contribution in [3.05, 3.63) is 0 Å². The second-order valence-electron chi connectivity index (χ2n) is 4.41. The number of carbonyl (C=O) groups excluding carboxylic acids is 1. The van der Waals surface area contributed by atoms with Crippen LogP contribution in [0.3, 0.4) is 0 Å². The van der Waals surface area contributed by atoms with Gasteiger partial charge in [0.15, 0.2) is 0 Å². The Balaban J connectivity index is 1.98. The zero-order valence-electron chi connectivity index (χ0n) is 9.88. The average molecular weight is 213 g/mol. The summed E-state index contributed by atoms with van der Waals surface area (Å²) in [6.07, 6.45) is 2.99. The molecule has 1 aliphatic heterocycles. The molecule has 0 saturated carbocycles. The predicted molar refractivity (Wildman–Crippen MR) is 61.8 cm³/mol. The van der Waals surface area contributed by atoms with Crippen LogP contribution in [-0.4, -0.2) is 51.1 Å². The summed E-state index contributed by atoms with van der Waals surface area (Å²) in [6, 6.07) is 0. The fourth-order valence-electron chi connectivity index (χ4n) is 2.00. The molecule has 1 heterocycles. The summed E-state index contributed by atoms with van der Waals surface area (Å²) >= 11 is 0.